The molecule has 1 aliphatic rings. The van der Waals surface area contributed by atoms with Crippen molar-refractivity contribution in [2.24, 2.45) is 12.8 Å². The van der Waals surface area contributed by atoms with Gasteiger partial charge in [-0.1, -0.05) is 18.2 Å². The number of nitrogens with two attached hydrogens (primary N) is 1. The molecule has 1 unspecified atom stereocenters. The molecule has 0 amide bonds. The highest BCUT2D eigenvalue weighted by Crippen LogP contribution is 2.47. The van der Waals surface area contributed by atoms with Crippen molar-refractivity contribution in [2.75, 3.05) is 14.1 Å². The summed E-state index contributed by atoms with van der Waals surface area (Å²) >= 11 is 0. The van der Waals surface area contributed by atoms with Gasteiger partial charge in [0.25, 0.3) is 0 Å². The largest absolute Gasteiger partial charge is 0.350 e. The number of nitrogens with zero attached hydrogens (tertiary/aromatic N) is 2. The molecule has 0 bridgehead atoms. The third kappa shape index (κ3) is 1.66. The molecule has 3 nitrogen and oxygen atoms in total. The quantitative estimate of drug-likeness (QED) is 0.897. The fraction of sp³-hybridized carbons (Fsp3) is 0.467. The van der Waals surface area contributed by atoms with E-state index >= 15 is 0 Å². The van der Waals surface area contributed by atoms with E-state index in [9.17, 15) is 0 Å². The predicted molar refractivity (Wildman–Crippen MR) is 75.5 cm³/mol. The number of aromatic nitrogens is 1. The summed E-state index contributed by atoms with van der Waals surface area (Å²) in [6.45, 7) is 0. The lowest BCUT2D eigenvalue weighted by molar-refractivity contribution is 0.247. The van der Waals surface area contributed by atoms with Crippen LogP contribution in [-0.2, 0) is 7.05 Å². The third-order valence-corrected chi connectivity index (χ3v) is 4.11. The number of para-hydroxylation sites is 1. The smallest absolute Gasteiger partial charge is 0.0544 e. The van der Waals surface area contributed by atoms with Gasteiger partial charge in [-0.15, -0.1) is 0 Å². The van der Waals surface area contributed by atoms with Gasteiger partial charge in [-0.2, -0.15) is 0 Å². The zero-order valence-electron chi connectivity index (χ0n) is 11.4. The third-order valence-electron chi connectivity index (χ3n) is 4.11. The van der Waals surface area contributed by atoms with E-state index in [0.29, 0.717) is 6.04 Å². The van der Waals surface area contributed by atoms with Gasteiger partial charge in [0.15, 0.2) is 0 Å². The zero-order valence-corrected chi connectivity index (χ0v) is 11.4. The van der Waals surface area contributed by atoms with Gasteiger partial charge >= 0.3 is 0 Å². The monoisotopic (exact) mass is 243 g/mol. The van der Waals surface area contributed by atoms with Gasteiger partial charge in [0.2, 0.25) is 0 Å². The predicted octanol–water partition coefficient (Wildman–Crippen LogP) is 2.27. The molecule has 3 heteroatoms. The van der Waals surface area contributed by atoms with Crippen LogP contribution in [0.4, 0.5) is 0 Å². The van der Waals surface area contributed by atoms with Gasteiger partial charge in [-0.25, -0.2) is 0 Å². The topological polar surface area (TPSA) is 34.2 Å². The number of likely N-dealkylation sites (N-methyl/N-ethyl adjacent to an activating group) is 1. The summed E-state index contributed by atoms with van der Waals surface area (Å²) in [7, 11) is 6.35. The van der Waals surface area contributed by atoms with Crippen molar-refractivity contribution in [1.29, 1.82) is 0 Å². The van der Waals surface area contributed by atoms with Crippen LogP contribution in [-0.4, -0.2) is 29.1 Å². The molecule has 0 spiro atoms. The fourth-order valence-corrected chi connectivity index (χ4v) is 3.11. The summed E-state index contributed by atoms with van der Waals surface area (Å²) in [6.07, 6.45) is 4.49. The number of benzene rings is 1. The van der Waals surface area contributed by atoms with Crippen molar-refractivity contribution in [2.45, 2.75) is 24.4 Å². The SMILES string of the molecule is CN(C)C(c1cn(C)c2ccccc12)C1(N)CC1. The molecular weight excluding hydrogens is 222 g/mol. The van der Waals surface area contributed by atoms with Gasteiger partial charge < -0.3 is 15.2 Å². The highest BCUT2D eigenvalue weighted by molar-refractivity contribution is 5.84. The molecule has 1 atom stereocenters. The summed E-state index contributed by atoms with van der Waals surface area (Å²) in [5.41, 5.74) is 9.08. The average molecular weight is 243 g/mol. The number of rotatable bonds is 3. The molecule has 1 saturated carbocycles. The Hall–Kier alpha value is -1.32. The molecule has 96 valence electrons. The number of aryl methyl sites for hydroxylation is 1. The lowest BCUT2D eigenvalue weighted by Gasteiger charge is -2.30. The van der Waals surface area contributed by atoms with Crippen molar-refractivity contribution in [3.8, 4) is 0 Å². The van der Waals surface area contributed by atoms with Crippen LogP contribution in [0.5, 0.6) is 0 Å². The van der Waals surface area contributed by atoms with Crippen LogP contribution in [0.1, 0.15) is 24.4 Å². The van der Waals surface area contributed by atoms with E-state index < -0.39 is 0 Å². The van der Waals surface area contributed by atoms with E-state index in [1.54, 1.807) is 0 Å². The first-order chi connectivity index (χ1) is 8.53. The molecule has 1 fully saturated rings. The van der Waals surface area contributed by atoms with Gasteiger partial charge in [0, 0.05) is 29.7 Å². The standard InChI is InChI=1S/C15H21N3/c1-17(2)14(15(16)8-9-15)12-10-18(3)13-7-5-4-6-11(12)13/h4-7,10,14H,8-9,16H2,1-3H3. The molecule has 0 aliphatic heterocycles. The maximum Gasteiger partial charge on any atom is 0.0544 e. The second kappa shape index (κ2) is 3.84. The van der Waals surface area contributed by atoms with E-state index in [2.05, 4.69) is 61.1 Å². The van der Waals surface area contributed by atoms with Crippen molar-refractivity contribution >= 4 is 10.9 Å². The van der Waals surface area contributed by atoms with E-state index in [4.69, 9.17) is 5.73 Å². The number of hydrogen-bond donors (Lipinski definition) is 1. The van der Waals surface area contributed by atoms with E-state index in [-0.39, 0.29) is 5.54 Å². The maximum absolute atomic E-state index is 6.47. The van der Waals surface area contributed by atoms with Gasteiger partial charge in [-0.05, 0) is 38.6 Å². The van der Waals surface area contributed by atoms with Gasteiger partial charge in [-0.3, -0.25) is 0 Å². The van der Waals surface area contributed by atoms with Gasteiger partial charge in [0.1, 0.15) is 0 Å². The Morgan fingerprint density at radius 3 is 2.56 bits per heavy atom. The minimum Gasteiger partial charge on any atom is -0.350 e. The van der Waals surface area contributed by atoms with E-state index in [0.717, 1.165) is 12.8 Å². The van der Waals surface area contributed by atoms with Crippen LogP contribution in [0.15, 0.2) is 30.5 Å². The van der Waals surface area contributed by atoms with E-state index in [1.807, 2.05) is 0 Å². The summed E-state index contributed by atoms with van der Waals surface area (Å²) in [5.74, 6) is 0. The first kappa shape index (κ1) is 11.8. The zero-order chi connectivity index (χ0) is 12.9. The molecular formula is C15H21N3. The fourth-order valence-electron chi connectivity index (χ4n) is 3.11. The van der Waals surface area contributed by atoms with Crippen LogP contribution < -0.4 is 5.73 Å². The van der Waals surface area contributed by atoms with Crippen LogP contribution in [0.2, 0.25) is 0 Å². The van der Waals surface area contributed by atoms with Crippen LogP contribution in [0.3, 0.4) is 0 Å². The van der Waals surface area contributed by atoms with Crippen molar-refractivity contribution in [1.82, 2.24) is 9.47 Å². The Balaban J connectivity index is 2.18. The second-order valence-corrected chi connectivity index (χ2v) is 5.81. The van der Waals surface area contributed by atoms with Crippen LogP contribution in [0.25, 0.3) is 10.9 Å². The number of hydrogen-bond acceptors (Lipinski definition) is 2. The molecule has 1 heterocycles. The van der Waals surface area contributed by atoms with Crippen molar-refractivity contribution < 1.29 is 0 Å². The summed E-state index contributed by atoms with van der Waals surface area (Å²) in [5, 5.41) is 1.33. The molecule has 0 saturated heterocycles. The van der Waals surface area contributed by atoms with Gasteiger partial charge in [0.05, 0.1) is 6.04 Å². The first-order valence-corrected chi connectivity index (χ1v) is 6.52. The second-order valence-electron chi connectivity index (χ2n) is 5.81. The van der Waals surface area contributed by atoms with Crippen LogP contribution >= 0.6 is 0 Å². The highest BCUT2D eigenvalue weighted by atomic mass is 15.2. The molecule has 3 rings (SSSR count). The maximum atomic E-state index is 6.47. The summed E-state index contributed by atoms with van der Waals surface area (Å²) in [6, 6.07) is 8.87. The molecule has 0 radical (unpaired) electrons. The Bertz CT molecular complexity index is 578. The Labute approximate surface area is 108 Å². The number of fused-ring (bicyclic) bond motifs is 1. The molecule has 2 N–H and O–H groups in total. The molecule has 1 aliphatic carbocycles. The molecule has 18 heavy (non-hydrogen) atoms. The Morgan fingerprint density at radius 1 is 1.28 bits per heavy atom. The Morgan fingerprint density at radius 2 is 1.94 bits per heavy atom. The Kier molecular flexibility index (Phi) is 2.50. The summed E-state index contributed by atoms with van der Waals surface area (Å²) in [4.78, 5) is 2.26. The van der Waals surface area contributed by atoms with Crippen molar-refractivity contribution in [3.63, 3.8) is 0 Å². The van der Waals surface area contributed by atoms with Crippen molar-refractivity contribution in [3.05, 3.63) is 36.0 Å². The summed E-state index contributed by atoms with van der Waals surface area (Å²) < 4.78 is 2.20. The lowest BCUT2D eigenvalue weighted by atomic mass is 9.96. The average Bonchev–Trinajstić information content (AvgIpc) is 2.97. The molecule has 1 aromatic carbocycles. The van der Waals surface area contributed by atoms with Crippen LogP contribution in [0, 0.1) is 0 Å². The minimum atomic E-state index is -0.0341. The first-order valence-electron chi connectivity index (χ1n) is 6.52. The minimum absolute atomic E-state index is 0.0341. The van der Waals surface area contributed by atoms with E-state index in [1.165, 1.54) is 16.5 Å². The highest BCUT2D eigenvalue weighted by Gasteiger charge is 2.48. The molecule has 2 aromatic rings. The molecule has 1 aromatic heterocycles. The normalized spacial score (nSPS) is 19.4. The lowest BCUT2D eigenvalue weighted by Crippen LogP contribution is -2.39.